The molecule has 1 rings (SSSR count). The molecule has 0 aliphatic carbocycles. The normalized spacial score (nSPS) is 12.4. The average Bonchev–Trinajstić information content (AvgIpc) is 2.21. The number of hydrogen-bond acceptors (Lipinski definition) is 2. The van der Waals surface area contributed by atoms with E-state index >= 15 is 0 Å². The molecule has 1 aromatic rings. The van der Waals surface area contributed by atoms with Gasteiger partial charge in [-0.05, 0) is 31.5 Å². The lowest BCUT2D eigenvalue weighted by Gasteiger charge is -2.14. The standard InChI is InChI=1S/C12H18N2/c1-4-8-13-12(5-2)11-7-6-10(3)14-9-11/h5-7,9,12-13H,2,4,8H2,1,3H3. The molecule has 0 aliphatic heterocycles. The molecule has 1 atom stereocenters. The highest BCUT2D eigenvalue weighted by atomic mass is 14.9. The van der Waals surface area contributed by atoms with Gasteiger partial charge in [-0.3, -0.25) is 4.98 Å². The largest absolute Gasteiger partial charge is 0.307 e. The molecule has 0 amide bonds. The summed E-state index contributed by atoms with van der Waals surface area (Å²) in [5, 5.41) is 3.40. The number of rotatable bonds is 5. The second kappa shape index (κ2) is 5.55. The Hall–Kier alpha value is -1.15. The van der Waals surface area contributed by atoms with Gasteiger partial charge in [0.25, 0.3) is 0 Å². The predicted octanol–water partition coefficient (Wildman–Crippen LogP) is 2.62. The first-order chi connectivity index (χ1) is 6.77. The van der Waals surface area contributed by atoms with Gasteiger partial charge in [-0.15, -0.1) is 6.58 Å². The molecule has 0 aromatic carbocycles. The molecule has 1 heterocycles. The van der Waals surface area contributed by atoms with Crippen LogP contribution in [0.15, 0.2) is 31.0 Å². The van der Waals surface area contributed by atoms with Crippen LogP contribution >= 0.6 is 0 Å². The minimum Gasteiger partial charge on any atom is -0.307 e. The Kier molecular flexibility index (Phi) is 4.33. The van der Waals surface area contributed by atoms with Crippen molar-refractivity contribution in [2.75, 3.05) is 6.54 Å². The lowest BCUT2D eigenvalue weighted by Crippen LogP contribution is -2.20. The number of nitrogens with zero attached hydrogens (tertiary/aromatic N) is 1. The second-order valence-corrected chi connectivity index (χ2v) is 3.40. The number of aromatic nitrogens is 1. The van der Waals surface area contributed by atoms with Gasteiger partial charge in [-0.25, -0.2) is 0 Å². The molecular weight excluding hydrogens is 172 g/mol. The zero-order chi connectivity index (χ0) is 10.4. The summed E-state index contributed by atoms with van der Waals surface area (Å²) in [7, 11) is 0. The van der Waals surface area contributed by atoms with Gasteiger partial charge in [0.1, 0.15) is 0 Å². The molecule has 0 aliphatic rings. The van der Waals surface area contributed by atoms with Crippen molar-refractivity contribution in [1.29, 1.82) is 0 Å². The van der Waals surface area contributed by atoms with Crippen LogP contribution in [-0.2, 0) is 0 Å². The lowest BCUT2D eigenvalue weighted by molar-refractivity contribution is 0.612. The van der Waals surface area contributed by atoms with Gasteiger partial charge < -0.3 is 5.32 Å². The quantitative estimate of drug-likeness (QED) is 0.722. The van der Waals surface area contributed by atoms with E-state index in [4.69, 9.17) is 0 Å². The highest BCUT2D eigenvalue weighted by Gasteiger charge is 2.05. The van der Waals surface area contributed by atoms with E-state index in [9.17, 15) is 0 Å². The maximum absolute atomic E-state index is 4.27. The minimum atomic E-state index is 0.225. The van der Waals surface area contributed by atoms with E-state index in [2.05, 4.69) is 29.9 Å². The molecule has 0 saturated heterocycles. The van der Waals surface area contributed by atoms with Crippen molar-refractivity contribution >= 4 is 0 Å². The van der Waals surface area contributed by atoms with Gasteiger partial charge in [-0.2, -0.15) is 0 Å². The highest BCUT2D eigenvalue weighted by Crippen LogP contribution is 2.12. The molecule has 0 saturated carbocycles. The van der Waals surface area contributed by atoms with E-state index in [1.807, 2.05) is 25.3 Å². The summed E-state index contributed by atoms with van der Waals surface area (Å²) in [4.78, 5) is 4.27. The van der Waals surface area contributed by atoms with Crippen molar-refractivity contribution in [2.45, 2.75) is 26.3 Å². The summed E-state index contributed by atoms with van der Waals surface area (Å²) < 4.78 is 0. The summed E-state index contributed by atoms with van der Waals surface area (Å²) in [5.74, 6) is 0. The van der Waals surface area contributed by atoms with Crippen LogP contribution in [0, 0.1) is 6.92 Å². The zero-order valence-corrected chi connectivity index (χ0v) is 8.96. The zero-order valence-electron chi connectivity index (χ0n) is 8.96. The van der Waals surface area contributed by atoms with Crippen molar-refractivity contribution in [2.24, 2.45) is 0 Å². The number of pyridine rings is 1. The molecular formula is C12H18N2. The molecule has 1 unspecified atom stereocenters. The number of aryl methyl sites for hydroxylation is 1. The summed E-state index contributed by atoms with van der Waals surface area (Å²) in [5.41, 5.74) is 2.23. The molecule has 0 bridgehead atoms. The monoisotopic (exact) mass is 190 g/mol. The first-order valence-corrected chi connectivity index (χ1v) is 5.06. The van der Waals surface area contributed by atoms with E-state index in [-0.39, 0.29) is 6.04 Å². The van der Waals surface area contributed by atoms with Crippen molar-refractivity contribution in [1.82, 2.24) is 10.3 Å². The van der Waals surface area contributed by atoms with Crippen molar-refractivity contribution in [3.63, 3.8) is 0 Å². The number of hydrogen-bond donors (Lipinski definition) is 1. The average molecular weight is 190 g/mol. The maximum Gasteiger partial charge on any atom is 0.0518 e. The Bertz CT molecular complexity index is 277. The maximum atomic E-state index is 4.27. The Morgan fingerprint density at radius 3 is 2.86 bits per heavy atom. The third-order valence-corrected chi connectivity index (χ3v) is 2.14. The van der Waals surface area contributed by atoms with Crippen LogP contribution in [0.25, 0.3) is 0 Å². The SMILES string of the molecule is C=CC(NCCC)c1ccc(C)nc1. The Morgan fingerprint density at radius 1 is 1.57 bits per heavy atom. The van der Waals surface area contributed by atoms with Gasteiger partial charge in [0.2, 0.25) is 0 Å². The van der Waals surface area contributed by atoms with Crippen LogP contribution in [0.2, 0.25) is 0 Å². The smallest absolute Gasteiger partial charge is 0.0518 e. The Morgan fingerprint density at radius 2 is 2.36 bits per heavy atom. The molecule has 2 heteroatoms. The summed E-state index contributed by atoms with van der Waals surface area (Å²) in [6, 6.07) is 4.35. The molecule has 1 N–H and O–H groups in total. The van der Waals surface area contributed by atoms with Crippen LogP contribution in [0.3, 0.4) is 0 Å². The van der Waals surface area contributed by atoms with E-state index < -0.39 is 0 Å². The van der Waals surface area contributed by atoms with Crippen LogP contribution < -0.4 is 5.32 Å². The van der Waals surface area contributed by atoms with E-state index in [0.29, 0.717) is 0 Å². The minimum absolute atomic E-state index is 0.225. The third kappa shape index (κ3) is 2.96. The van der Waals surface area contributed by atoms with Crippen molar-refractivity contribution < 1.29 is 0 Å². The molecule has 0 fully saturated rings. The predicted molar refractivity (Wildman–Crippen MR) is 60.2 cm³/mol. The fraction of sp³-hybridized carbons (Fsp3) is 0.417. The molecule has 0 radical (unpaired) electrons. The van der Waals surface area contributed by atoms with Crippen LogP contribution in [0.4, 0.5) is 0 Å². The van der Waals surface area contributed by atoms with Crippen LogP contribution in [-0.4, -0.2) is 11.5 Å². The molecule has 2 nitrogen and oxygen atoms in total. The number of nitrogens with one attached hydrogen (secondary N) is 1. The fourth-order valence-electron chi connectivity index (χ4n) is 1.30. The molecule has 0 spiro atoms. The topological polar surface area (TPSA) is 24.9 Å². The second-order valence-electron chi connectivity index (χ2n) is 3.40. The first kappa shape index (κ1) is 10.9. The van der Waals surface area contributed by atoms with Gasteiger partial charge >= 0.3 is 0 Å². The van der Waals surface area contributed by atoms with E-state index in [1.54, 1.807) is 0 Å². The van der Waals surface area contributed by atoms with Crippen molar-refractivity contribution in [3.8, 4) is 0 Å². The highest BCUT2D eigenvalue weighted by molar-refractivity contribution is 5.20. The Labute approximate surface area is 86.1 Å². The Balaban J connectivity index is 2.68. The molecule has 1 aromatic heterocycles. The van der Waals surface area contributed by atoms with Gasteiger partial charge in [0, 0.05) is 11.9 Å². The first-order valence-electron chi connectivity index (χ1n) is 5.06. The van der Waals surface area contributed by atoms with Crippen molar-refractivity contribution in [3.05, 3.63) is 42.2 Å². The lowest BCUT2D eigenvalue weighted by atomic mass is 10.1. The summed E-state index contributed by atoms with van der Waals surface area (Å²) >= 11 is 0. The van der Waals surface area contributed by atoms with Gasteiger partial charge in [0.05, 0.1) is 6.04 Å². The summed E-state index contributed by atoms with van der Waals surface area (Å²) in [6.07, 6.45) is 4.95. The fourth-order valence-corrected chi connectivity index (χ4v) is 1.30. The molecule has 76 valence electrons. The van der Waals surface area contributed by atoms with Gasteiger partial charge in [-0.1, -0.05) is 19.1 Å². The molecule has 14 heavy (non-hydrogen) atoms. The van der Waals surface area contributed by atoms with Crippen LogP contribution in [0.1, 0.15) is 30.6 Å². The third-order valence-electron chi connectivity index (χ3n) is 2.14. The van der Waals surface area contributed by atoms with Crippen LogP contribution in [0.5, 0.6) is 0 Å². The summed E-state index contributed by atoms with van der Waals surface area (Å²) in [6.45, 7) is 8.97. The van der Waals surface area contributed by atoms with E-state index in [1.165, 1.54) is 5.56 Å². The van der Waals surface area contributed by atoms with Gasteiger partial charge in [0.15, 0.2) is 0 Å². The van der Waals surface area contributed by atoms with E-state index in [0.717, 1.165) is 18.7 Å².